The summed E-state index contributed by atoms with van der Waals surface area (Å²) in [5, 5.41) is 3.26. The lowest BCUT2D eigenvalue weighted by Crippen LogP contribution is -2.37. The van der Waals surface area contributed by atoms with E-state index in [0.717, 1.165) is 32.0 Å². The van der Waals surface area contributed by atoms with E-state index in [4.69, 9.17) is 0 Å². The van der Waals surface area contributed by atoms with Crippen molar-refractivity contribution in [3.8, 4) is 0 Å². The van der Waals surface area contributed by atoms with Crippen molar-refractivity contribution in [2.45, 2.75) is 24.7 Å². The summed E-state index contributed by atoms with van der Waals surface area (Å²) >= 11 is 0. The van der Waals surface area contributed by atoms with Crippen LogP contribution in [-0.4, -0.2) is 39.4 Å². The number of nitrogens with one attached hydrogen (secondary N) is 1. The Balaban J connectivity index is 2.18. The summed E-state index contributed by atoms with van der Waals surface area (Å²) in [5.41, 5.74) is 0.573. The number of rotatable bonds is 4. The Morgan fingerprint density at radius 1 is 1.35 bits per heavy atom. The molecule has 4 nitrogen and oxygen atoms in total. The monoisotopic (exact) mass is 300 g/mol. The average molecular weight is 300 g/mol. The number of hydrogen-bond donors (Lipinski definition) is 1. The van der Waals surface area contributed by atoms with Crippen LogP contribution in [-0.2, 0) is 10.0 Å². The molecule has 0 unspecified atom stereocenters. The summed E-state index contributed by atoms with van der Waals surface area (Å²) in [6.07, 6.45) is 1.95. The molecule has 0 spiro atoms. The first kappa shape index (κ1) is 15.4. The molecule has 1 fully saturated rings. The van der Waals surface area contributed by atoms with Gasteiger partial charge in [0.25, 0.3) is 0 Å². The van der Waals surface area contributed by atoms with Crippen LogP contribution < -0.4 is 5.32 Å². The Hall–Kier alpha value is -0.980. The topological polar surface area (TPSA) is 49.4 Å². The van der Waals surface area contributed by atoms with Crippen molar-refractivity contribution in [2.24, 2.45) is 5.92 Å². The van der Waals surface area contributed by atoms with Gasteiger partial charge in [-0.1, -0.05) is 6.07 Å². The Kier molecular flexibility index (Phi) is 4.78. The van der Waals surface area contributed by atoms with Gasteiger partial charge in [-0.05, 0) is 56.5 Å². The molecule has 1 saturated heterocycles. The lowest BCUT2D eigenvalue weighted by Gasteiger charge is -2.27. The maximum Gasteiger partial charge on any atom is 0.243 e. The van der Waals surface area contributed by atoms with Crippen molar-refractivity contribution in [3.63, 3.8) is 0 Å². The van der Waals surface area contributed by atoms with Gasteiger partial charge in [0.2, 0.25) is 10.0 Å². The zero-order valence-electron chi connectivity index (χ0n) is 11.9. The van der Waals surface area contributed by atoms with Crippen LogP contribution in [0.4, 0.5) is 4.39 Å². The van der Waals surface area contributed by atoms with Gasteiger partial charge in [0.05, 0.1) is 4.90 Å². The molecule has 1 aromatic carbocycles. The lowest BCUT2D eigenvalue weighted by atomic mass is 9.98. The molecule has 0 atom stereocenters. The Bertz CT molecular complexity index is 569. The highest BCUT2D eigenvalue weighted by molar-refractivity contribution is 7.89. The Labute approximate surface area is 120 Å². The maximum absolute atomic E-state index is 13.3. The second-order valence-corrected chi connectivity index (χ2v) is 7.40. The standard InChI is InChI=1S/C14H21FN2O2S/c1-11-3-4-13(15)9-14(11)20(18,19)17(2)10-12-5-7-16-8-6-12/h3-4,9,12,16H,5-8,10H2,1-2H3. The van der Waals surface area contributed by atoms with Gasteiger partial charge in [0.15, 0.2) is 0 Å². The third kappa shape index (κ3) is 3.37. The van der Waals surface area contributed by atoms with E-state index < -0.39 is 15.8 Å². The number of hydrogen-bond acceptors (Lipinski definition) is 3. The third-order valence-electron chi connectivity index (χ3n) is 3.81. The zero-order chi connectivity index (χ0) is 14.8. The zero-order valence-corrected chi connectivity index (χ0v) is 12.7. The van der Waals surface area contributed by atoms with E-state index in [1.165, 1.54) is 16.4 Å². The van der Waals surface area contributed by atoms with Crippen molar-refractivity contribution in [2.75, 3.05) is 26.7 Å². The number of nitrogens with zero attached hydrogens (tertiary/aromatic N) is 1. The van der Waals surface area contributed by atoms with Gasteiger partial charge in [0.1, 0.15) is 5.82 Å². The Morgan fingerprint density at radius 3 is 2.65 bits per heavy atom. The van der Waals surface area contributed by atoms with Crippen molar-refractivity contribution >= 4 is 10.0 Å². The molecule has 1 N–H and O–H groups in total. The minimum atomic E-state index is -3.62. The smallest absolute Gasteiger partial charge is 0.243 e. The number of sulfonamides is 1. The first-order valence-electron chi connectivity index (χ1n) is 6.84. The highest BCUT2D eigenvalue weighted by Gasteiger charge is 2.26. The number of aryl methyl sites for hydroxylation is 1. The lowest BCUT2D eigenvalue weighted by molar-refractivity contribution is 0.311. The summed E-state index contributed by atoms with van der Waals surface area (Å²) in [6, 6.07) is 3.88. The van der Waals surface area contributed by atoms with E-state index in [-0.39, 0.29) is 4.90 Å². The van der Waals surface area contributed by atoms with Crippen LogP contribution in [0, 0.1) is 18.7 Å². The molecule has 1 aliphatic rings. The first-order valence-corrected chi connectivity index (χ1v) is 8.28. The predicted octanol–water partition coefficient (Wildman–Crippen LogP) is 1.75. The van der Waals surface area contributed by atoms with E-state index in [2.05, 4.69) is 5.32 Å². The van der Waals surface area contributed by atoms with Crippen LogP contribution in [0.1, 0.15) is 18.4 Å². The molecule has 1 aromatic rings. The summed E-state index contributed by atoms with van der Waals surface area (Å²) < 4.78 is 39.7. The fourth-order valence-electron chi connectivity index (χ4n) is 2.55. The summed E-state index contributed by atoms with van der Waals surface area (Å²) in [5.74, 6) is -0.158. The normalized spacial score (nSPS) is 17.6. The van der Waals surface area contributed by atoms with Gasteiger partial charge in [0, 0.05) is 13.6 Å². The highest BCUT2D eigenvalue weighted by Crippen LogP contribution is 2.22. The molecule has 0 aromatic heterocycles. The van der Waals surface area contributed by atoms with Crippen LogP contribution in [0.2, 0.25) is 0 Å². The molecule has 20 heavy (non-hydrogen) atoms. The van der Waals surface area contributed by atoms with Crippen molar-refractivity contribution in [1.82, 2.24) is 9.62 Å². The molecule has 2 rings (SSSR count). The van der Waals surface area contributed by atoms with E-state index in [9.17, 15) is 12.8 Å². The van der Waals surface area contributed by atoms with Crippen molar-refractivity contribution in [3.05, 3.63) is 29.6 Å². The van der Waals surface area contributed by atoms with E-state index in [0.29, 0.717) is 18.0 Å². The molecule has 6 heteroatoms. The molecule has 0 amide bonds. The van der Waals surface area contributed by atoms with E-state index in [1.807, 2.05) is 0 Å². The molecule has 0 bridgehead atoms. The number of halogens is 1. The van der Waals surface area contributed by atoms with Crippen molar-refractivity contribution < 1.29 is 12.8 Å². The molecule has 0 saturated carbocycles. The number of piperidine rings is 1. The van der Waals surface area contributed by atoms with Crippen LogP contribution in [0.15, 0.2) is 23.1 Å². The van der Waals surface area contributed by atoms with Crippen LogP contribution in [0.3, 0.4) is 0 Å². The van der Waals surface area contributed by atoms with Gasteiger partial charge in [-0.2, -0.15) is 0 Å². The summed E-state index contributed by atoms with van der Waals surface area (Å²) in [7, 11) is -2.05. The molecular formula is C14H21FN2O2S. The van der Waals surface area contributed by atoms with E-state index >= 15 is 0 Å². The van der Waals surface area contributed by atoms with Gasteiger partial charge < -0.3 is 5.32 Å². The fraction of sp³-hybridized carbons (Fsp3) is 0.571. The molecule has 112 valence electrons. The molecule has 1 aliphatic heterocycles. The molecule has 0 radical (unpaired) electrons. The van der Waals surface area contributed by atoms with Crippen LogP contribution >= 0.6 is 0 Å². The minimum absolute atomic E-state index is 0.0638. The van der Waals surface area contributed by atoms with E-state index in [1.54, 1.807) is 14.0 Å². The van der Waals surface area contributed by atoms with Gasteiger partial charge >= 0.3 is 0 Å². The molecule has 0 aliphatic carbocycles. The predicted molar refractivity (Wildman–Crippen MR) is 76.5 cm³/mol. The van der Waals surface area contributed by atoms with Crippen molar-refractivity contribution in [1.29, 1.82) is 0 Å². The third-order valence-corrected chi connectivity index (χ3v) is 5.78. The minimum Gasteiger partial charge on any atom is -0.317 e. The quantitative estimate of drug-likeness (QED) is 0.922. The van der Waals surface area contributed by atoms with Gasteiger partial charge in [-0.25, -0.2) is 17.1 Å². The second kappa shape index (κ2) is 6.20. The summed E-state index contributed by atoms with van der Waals surface area (Å²) in [4.78, 5) is 0.0638. The molecule has 1 heterocycles. The van der Waals surface area contributed by atoms with Crippen LogP contribution in [0.25, 0.3) is 0 Å². The Morgan fingerprint density at radius 2 is 2.00 bits per heavy atom. The fourth-order valence-corrected chi connectivity index (χ4v) is 4.03. The highest BCUT2D eigenvalue weighted by atomic mass is 32.2. The first-order chi connectivity index (χ1) is 9.41. The van der Waals surface area contributed by atoms with Gasteiger partial charge in [-0.3, -0.25) is 0 Å². The summed E-state index contributed by atoms with van der Waals surface area (Å²) in [6.45, 7) is 4.03. The van der Waals surface area contributed by atoms with Gasteiger partial charge in [-0.15, -0.1) is 0 Å². The average Bonchev–Trinajstić information content (AvgIpc) is 2.42. The number of benzene rings is 1. The maximum atomic E-state index is 13.3. The molecular weight excluding hydrogens is 279 g/mol. The SMILES string of the molecule is Cc1ccc(F)cc1S(=O)(=O)N(C)CC1CCNCC1. The van der Waals surface area contributed by atoms with Crippen LogP contribution in [0.5, 0.6) is 0 Å². The second-order valence-electron chi connectivity index (χ2n) is 5.39. The largest absolute Gasteiger partial charge is 0.317 e.